The lowest BCUT2D eigenvalue weighted by Gasteiger charge is -2.11. The molecule has 0 saturated heterocycles. The Kier molecular flexibility index (Phi) is 7.12. The average molecular weight is 549 g/mol. The van der Waals surface area contributed by atoms with Crippen LogP contribution in [0.3, 0.4) is 0 Å². The molecule has 0 radical (unpaired) electrons. The molecule has 33 heavy (non-hydrogen) atoms. The monoisotopic (exact) mass is 547 g/mol. The average Bonchev–Trinajstić information content (AvgIpc) is 2.79. The third kappa shape index (κ3) is 5.27. The number of fused-ring (bicyclic) bond motifs is 1. The van der Waals surface area contributed by atoms with Gasteiger partial charge in [0.2, 0.25) is 0 Å². The fraction of sp³-hybridized carbons (Fsp3) is 0.125. The third-order valence-corrected chi connectivity index (χ3v) is 5.89. The molecule has 4 aromatic rings. The van der Waals surface area contributed by atoms with Crippen LogP contribution in [-0.4, -0.2) is 15.9 Å². The van der Waals surface area contributed by atoms with E-state index in [0.717, 1.165) is 10.0 Å². The van der Waals surface area contributed by atoms with Crippen LogP contribution in [0.25, 0.3) is 10.9 Å². The molecule has 1 heterocycles. The first-order valence-corrected chi connectivity index (χ1v) is 11.5. The lowest BCUT2D eigenvalue weighted by molar-refractivity contribution is 0.306. The smallest absolute Gasteiger partial charge is 0.282 e. The van der Waals surface area contributed by atoms with Crippen molar-refractivity contribution in [3.63, 3.8) is 0 Å². The number of halogens is 4. The Morgan fingerprint density at radius 1 is 1.12 bits per heavy atom. The van der Waals surface area contributed by atoms with Gasteiger partial charge in [0.25, 0.3) is 5.56 Å². The highest BCUT2D eigenvalue weighted by atomic mass is 79.9. The van der Waals surface area contributed by atoms with E-state index in [1.807, 2.05) is 13.0 Å². The maximum atomic E-state index is 13.1. The SMILES string of the molecule is CCc1nc2ccc(Br)cc2c(=O)n1N=Cc1cc(Cl)c(OCc2ccc(F)cc2)c(Cl)c1. The van der Waals surface area contributed by atoms with Crippen LogP contribution < -0.4 is 10.3 Å². The second-order valence-corrected chi connectivity index (χ2v) is 8.86. The van der Waals surface area contributed by atoms with Crippen LogP contribution in [0.15, 0.2) is 69.0 Å². The molecule has 1 aromatic heterocycles. The van der Waals surface area contributed by atoms with Gasteiger partial charge in [-0.1, -0.05) is 58.2 Å². The van der Waals surface area contributed by atoms with Crippen LogP contribution in [-0.2, 0) is 13.0 Å². The summed E-state index contributed by atoms with van der Waals surface area (Å²) < 4.78 is 20.8. The number of aryl methyl sites for hydroxylation is 1. The zero-order valence-corrected chi connectivity index (χ0v) is 20.5. The zero-order chi connectivity index (χ0) is 23.5. The predicted octanol–water partition coefficient (Wildman–Crippen LogP) is 6.63. The van der Waals surface area contributed by atoms with E-state index in [9.17, 15) is 9.18 Å². The highest BCUT2D eigenvalue weighted by Gasteiger charge is 2.12. The molecule has 0 saturated carbocycles. The Balaban J connectivity index is 1.62. The summed E-state index contributed by atoms with van der Waals surface area (Å²) in [6.45, 7) is 2.08. The molecule has 4 rings (SSSR count). The largest absolute Gasteiger partial charge is 0.486 e. The van der Waals surface area contributed by atoms with Crippen molar-refractivity contribution in [2.24, 2.45) is 5.10 Å². The van der Waals surface area contributed by atoms with Crippen molar-refractivity contribution in [1.82, 2.24) is 9.66 Å². The summed E-state index contributed by atoms with van der Waals surface area (Å²) in [5.74, 6) is 0.518. The van der Waals surface area contributed by atoms with E-state index in [0.29, 0.717) is 34.5 Å². The summed E-state index contributed by atoms with van der Waals surface area (Å²) >= 11 is 16.1. The van der Waals surface area contributed by atoms with Crippen LogP contribution in [0.5, 0.6) is 5.75 Å². The van der Waals surface area contributed by atoms with Gasteiger partial charge in [0.1, 0.15) is 18.2 Å². The molecule has 0 aliphatic heterocycles. The van der Waals surface area contributed by atoms with Gasteiger partial charge in [-0.15, -0.1) is 0 Å². The summed E-state index contributed by atoms with van der Waals surface area (Å²) in [4.78, 5) is 17.6. The molecule has 5 nitrogen and oxygen atoms in total. The second kappa shape index (κ2) is 10.0. The number of ether oxygens (including phenoxy) is 1. The van der Waals surface area contributed by atoms with Crippen LogP contribution in [0.4, 0.5) is 4.39 Å². The highest BCUT2D eigenvalue weighted by Crippen LogP contribution is 2.34. The minimum Gasteiger partial charge on any atom is -0.486 e. The first kappa shape index (κ1) is 23.4. The molecule has 0 spiro atoms. The molecule has 0 aliphatic rings. The number of nitrogens with zero attached hydrogens (tertiary/aromatic N) is 3. The lowest BCUT2D eigenvalue weighted by atomic mass is 10.2. The third-order valence-electron chi connectivity index (χ3n) is 4.83. The van der Waals surface area contributed by atoms with Gasteiger partial charge in [-0.05, 0) is 53.6 Å². The van der Waals surface area contributed by atoms with E-state index >= 15 is 0 Å². The van der Waals surface area contributed by atoms with Gasteiger partial charge >= 0.3 is 0 Å². The summed E-state index contributed by atoms with van der Waals surface area (Å²) in [5.41, 5.74) is 1.70. The number of rotatable bonds is 6. The number of aromatic nitrogens is 2. The van der Waals surface area contributed by atoms with E-state index < -0.39 is 0 Å². The molecular weight excluding hydrogens is 532 g/mol. The van der Waals surface area contributed by atoms with Crippen LogP contribution >= 0.6 is 39.1 Å². The standard InChI is InChI=1S/C24H17BrCl2FN3O2/c1-2-22-30-21-8-5-16(25)11-18(21)24(32)31(22)29-12-15-9-19(26)23(20(27)10-15)33-13-14-3-6-17(28)7-4-14/h3-12H,2,13H2,1H3. The topological polar surface area (TPSA) is 56.5 Å². The van der Waals surface area contributed by atoms with Crippen molar-refractivity contribution in [2.75, 3.05) is 0 Å². The molecular formula is C24H17BrCl2FN3O2. The Bertz CT molecular complexity index is 1400. The van der Waals surface area contributed by atoms with Crippen molar-refractivity contribution in [3.8, 4) is 5.75 Å². The van der Waals surface area contributed by atoms with E-state index in [2.05, 4.69) is 26.0 Å². The van der Waals surface area contributed by atoms with Gasteiger partial charge in [0, 0.05) is 10.9 Å². The predicted molar refractivity (Wildman–Crippen MR) is 133 cm³/mol. The maximum absolute atomic E-state index is 13.1. The summed E-state index contributed by atoms with van der Waals surface area (Å²) in [7, 11) is 0. The summed E-state index contributed by atoms with van der Waals surface area (Å²) in [6.07, 6.45) is 2.02. The number of hydrogen-bond acceptors (Lipinski definition) is 4. The molecule has 0 fully saturated rings. The number of benzene rings is 3. The van der Waals surface area contributed by atoms with Crippen molar-refractivity contribution in [3.05, 3.63) is 102 Å². The normalized spacial score (nSPS) is 11.4. The van der Waals surface area contributed by atoms with Gasteiger partial charge in [-0.3, -0.25) is 4.79 Å². The first-order valence-electron chi connectivity index (χ1n) is 9.97. The Labute approximate surface area is 207 Å². The van der Waals surface area contributed by atoms with Gasteiger partial charge in [-0.2, -0.15) is 9.78 Å². The zero-order valence-electron chi connectivity index (χ0n) is 17.4. The van der Waals surface area contributed by atoms with Crippen LogP contribution in [0.1, 0.15) is 23.9 Å². The van der Waals surface area contributed by atoms with Crippen molar-refractivity contribution < 1.29 is 9.13 Å². The highest BCUT2D eigenvalue weighted by molar-refractivity contribution is 9.10. The number of hydrogen-bond donors (Lipinski definition) is 0. The van der Waals surface area contributed by atoms with Crippen molar-refractivity contribution >= 4 is 56.2 Å². The minimum absolute atomic E-state index is 0.181. The molecule has 168 valence electrons. The van der Waals surface area contributed by atoms with E-state index in [1.54, 1.807) is 36.4 Å². The maximum Gasteiger partial charge on any atom is 0.282 e. The minimum atomic E-state index is -0.321. The Morgan fingerprint density at radius 2 is 1.82 bits per heavy atom. The fourth-order valence-corrected chi connectivity index (χ4v) is 4.17. The lowest BCUT2D eigenvalue weighted by Crippen LogP contribution is -2.22. The fourth-order valence-electron chi connectivity index (χ4n) is 3.20. The van der Waals surface area contributed by atoms with Gasteiger partial charge in [-0.25, -0.2) is 9.37 Å². The Morgan fingerprint density at radius 3 is 2.48 bits per heavy atom. The van der Waals surface area contributed by atoms with Gasteiger partial charge < -0.3 is 4.74 Å². The molecule has 0 amide bonds. The van der Waals surface area contributed by atoms with Crippen LogP contribution in [0.2, 0.25) is 10.0 Å². The van der Waals surface area contributed by atoms with Crippen molar-refractivity contribution in [1.29, 1.82) is 0 Å². The molecule has 0 N–H and O–H groups in total. The molecule has 9 heteroatoms. The molecule has 0 aliphatic carbocycles. The van der Waals surface area contributed by atoms with E-state index in [-0.39, 0.29) is 28.0 Å². The van der Waals surface area contributed by atoms with Crippen LogP contribution in [0, 0.1) is 5.82 Å². The molecule has 0 unspecified atom stereocenters. The van der Waals surface area contributed by atoms with Gasteiger partial charge in [0.15, 0.2) is 5.75 Å². The second-order valence-electron chi connectivity index (χ2n) is 7.13. The molecule has 0 atom stereocenters. The quantitative estimate of drug-likeness (QED) is 0.254. The summed E-state index contributed by atoms with van der Waals surface area (Å²) in [6, 6.07) is 14.6. The molecule has 0 bridgehead atoms. The van der Waals surface area contributed by atoms with E-state index in [4.69, 9.17) is 27.9 Å². The summed E-state index contributed by atoms with van der Waals surface area (Å²) in [5, 5.41) is 5.38. The van der Waals surface area contributed by atoms with Gasteiger partial charge in [0.05, 0.1) is 27.2 Å². The van der Waals surface area contributed by atoms with Crippen molar-refractivity contribution in [2.45, 2.75) is 20.0 Å². The Hall–Kier alpha value is -2.74. The van der Waals surface area contributed by atoms with E-state index in [1.165, 1.54) is 23.0 Å². The molecule has 3 aromatic carbocycles. The first-order chi connectivity index (χ1) is 15.9.